The number of pyridine rings is 1. The summed E-state index contributed by atoms with van der Waals surface area (Å²) in [6, 6.07) is 20.2. The van der Waals surface area contributed by atoms with E-state index in [1.165, 1.54) is 0 Å². The van der Waals surface area contributed by atoms with Crippen LogP contribution >= 0.6 is 0 Å². The fraction of sp³-hybridized carbons (Fsp3) is 0.174. The van der Waals surface area contributed by atoms with E-state index >= 15 is 0 Å². The van der Waals surface area contributed by atoms with Gasteiger partial charge in [0.25, 0.3) is 11.8 Å². The molecule has 1 unspecified atom stereocenters. The van der Waals surface area contributed by atoms with Gasteiger partial charge in [-0.1, -0.05) is 48.5 Å². The highest BCUT2D eigenvalue weighted by Gasteiger charge is 2.15. The SMILES string of the molecule is Cc1ccc(C)c(NC(=O)c2cccc(C(=O)NC(C)c3ccccc3)n2)c1. The predicted molar refractivity (Wildman–Crippen MR) is 110 cm³/mol. The maximum absolute atomic E-state index is 12.6. The van der Waals surface area contributed by atoms with Crippen molar-refractivity contribution in [3.05, 3.63) is 94.8 Å². The van der Waals surface area contributed by atoms with E-state index in [0.29, 0.717) is 0 Å². The minimum atomic E-state index is -0.348. The highest BCUT2D eigenvalue weighted by atomic mass is 16.2. The molecule has 0 aliphatic rings. The first-order valence-electron chi connectivity index (χ1n) is 9.15. The zero-order chi connectivity index (χ0) is 20.1. The molecule has 142 valence electrons. The second kappa shape index (κ2) is 8.48. The first-order valence-corrected chi connectivity index (χ1v) is 9.15. The average Bonchev–Trinajstić information content (AvgIpc) is 2.71. The van der Waals surface area contributed by atoms with Gasteiger partial charge in [0.1, 0.15) is 11.4 Å². The minimum absolute atomic E-state index is 0.164. The zero-order valence-electron chi connectivity index (χ0n) is 16.2. The normalized spacial score (nSPS) is 11.5. The molecule has 5 heteroatoms. The van der Waals surface area contributed by atoms with E-state index in [0.717, 1.165) is 22.4 Å². The van der Waals surface area contributed by atoms with Crippen LogP contribution in [0.4, 0.5) is 5.69 Å². The molecule has 0 bridgehead atoms. The standard InChI is InChI=1S/C23H23N3O2/c1-15-12-13-16(2)21(14-15)26-23(28)20-11-7-10-19(25-20)22(27)24-17(3)18-8-5-4-6-9-18/h4-14,17H,1-3H3,(H,24,27)(H,26,28). The second-order valence-corrected chi connectivity index (χ2v) is 6.79. The third-order valence-corrected chi connectivity index (χ3v) is 4.50. The van der Waals surface area contributed by atoms with Gasteiger partial charge in [0.05, 0.1) is 6.04 Å². The lowest BCUT2D eigenvalue weighted by molar-refractivity contribution is 0.0934. The van der Waals surface area contributed by atoms with Gasteiger partial charge >= 0.3 is 0 Å². The molecule has 0 spiro atoms. The Balaban J connectivity index is 1.73. The van der Waals surface area contributed by atoms with Crippen LogP contribution < -0.4 is 10.6 Å². The Morgan fingerprint density at radius 1 is 0.857 bits per heavy atom. The molecule has 0 saturated carbocycles. The second-order valence-electron chi connectivity index (χ2n) is 6.79. The van der Waals surface area contributed by atoms with Crippen LogP contribution in [0.3, 0.4) is 0 Å². The number of amides is 2. The smallest absolute Gasteiger partial charge is 0.274 e. The van der Waals surface area contributed by atoms with E-state index in [4.69, 9.17) is 0 Å². The first-order chi connectivity index (χ1) is 13.4. The van der Waals surface area contributed by atoms with E-state index in [-0.39, 0.29) is 29.2 Å². The lowest BCUT2D eigenvalue weighted by Crippen LogP contribution is -2.28. The van der Waals surface area contributed by atoms with Crippen LogP contribution in [-0.4, -0.2) is 16.8 Å². The fourth-order valence-electron chi connectivity index (χ4n) is 2.84. The van der Waals surface area contributed by atoms with Gasteiger partial charge in [0.2, 0.25) is 0 Å². The van der Waals surface area contributed by atoms with Crippen LogP contribution in [0, 0.1) is 13.8 Å². The van der Waals surface area contributed by atoms with Crippen molar-refractivity contribution in [2.24, 2.45) is 0 Å². The van der Waals surface area contributed by atoms with E-state index in [9.17, 15) is 9.59 Å². The highest BCUT2D eigenvalue weighted by Crippen LogP contribution is 2.17. The quantitative estimate of drug-likeness (QED) is 0.694. The van der Waals surface area contributed by atoms with Crippen LogP contribution in [0.2, 0.25) is 0 Å². The van der Waals surface area contributed by atoms with Crippen LogP contribution in [0.25, 0.3) is 0 Å². The summed E-state index contributed by atoms with van der Waals surface area (Å²) in [6.07, 6.45) is 0. The molecule has 5 nitrogen and oxygen atoms in total. The van der Waals surface area contributed by atoms with Gasteiger partial charge in [-0.2, -0.15) is 0 Å². The van der Waals surface area contributed by atoms with E-state index in [1.807, 2.05) is 69.3 Å². The maximum Gasteiger partial charge on any atom is 0.274 e. The third-order valence-electron chi connectivity index (χ3n) is 4.50. The van der Waals surface area contributed by atoms with Crippen LogP contribution in [-0.2, 0) is 0 Å². The highest BCUT2D eigenvalue weighted by molar-refractivity contribution is 6.04. The Hall–Kier alpha value is -3.47. The lowest BCUT2D eigenvalue weighted by atomic mass is 10.1. The monoisotopic (exact) mass is 373 g/mol. The van der Waals surface area contributed by atoms with Crippen LogP contribution in [0.1, 0.15) is 50.6 Å². The molecule has 0 fully saturated rings. The van der Waals surface area contributed by atoms with E-state index in [1.54, 1.807) is 18.2 Å². The number of carbonyl (C=O) groups is 2. The fourth-order valence-corrected chi connectivity index (χ4v) is 2.84. The molecule has 2 aromatic carbocycles. The molecule has 1 atom stereocenters. The van der Waals surface area contributed by atoms with Crippen molar-refractivity contribution in [1.29, 1.82) is 0 Å². The van der Waals surface area contributed by atoms with Crippen molar-refractivity contribution in [2.45, 2.75) is 26.8 Å². The molecular formula is C23H23N3O2. The predicted octanol–water partition coefficient (Wildman–Crippen LogP) is 4.44. The molecule has 0 aliphatic heterocycles. The number of benzene rings is 2. The Morgan fingerprint density at radius 2 is 1.54 bits per heavy atom. The first kappa shape index (κ1) is 19.3. The molecule has 3 aromatic rings. The van der Waals surface area contributed by atoms with Gasteiger partial charge in [0.15, 0.2) is 0 Å². The number of hydrogen-bond acceptors (Lipinski definition) is 3. The molecule has 2 amide bonds. The van der Waals surface area contributed by atoms with Crippen molar-refractivity contribution < 1.29 is 9.59 Å². The van der Waals surface area contributed by atoms with Crippen LogP contribution in [0.5, 0.6) is 0 Å². The minimum Gasteiger partial charge on any atom is -0.344 e. The molecule has 3 rings (SSSR count). The number of nitrogens with zero attached hydrogens (tertiary/aromatic N) is 1. The number of hydrogen-bond donors (Lipinski definition) is 2. The summed E-state index contributed by atoms with van der Waals surface area (Å²) in [4.78, 5) is 29.4. The summed E-state index contributed by atoms with van der Waals surface area (Å²) in [6.45, 7) is 5.80. The summed E-state index contributed by atoms with van der Waals surface area (Å²) < 4.78 is 0. The molecule has 0 saturated heterocycles. The maximum atomic E-state index is 12.6. The third kappa shape index (κ3) is 4.62. The van der Waals surface area contributed by atoms with Crippen molar-refractivity contribution >= 4 is 17.5 Å². The van der Waals surface area contributed by atoms with Gasteiger partial charge < -0.3 is 10.6 Å². The van der Waals surface area contributed by atoms with Gasteiger partial charge in [-0.15, -0.1) is 0 Å². The van der Waals surface area contributed by atoms with Crippen molar-refractivity contribution in [3.8, 4) is 0 Å². The summed E-state index contributed by atoms with van der Waals surface area (Å²) in [5.74, 6) is -0.669. The number of nitrogens with one attached hydrogen (secondary N) is 2. The average molecular weight is 373 g/mol. The summed E-state index contributed by atoms with van der Waals surface area (Å²) in [5, 5.41) is 5.78. The number of rotatable bonds is 5. The summed E-state index contributed by atoms with van der Waals surface area (Å²) in [7, 11) is 0. The van der Waals surface area contributed by atoms with Gasteiger partial charge in [0, 0.05) is 5.69 Å². The van der Waals surface area contributed by atoms with E-state index < -0.39 is 0 Å². The Kier molecular flexibility index (Phi) is 5.84. The van der Waals surface area contributed by atoms with Crippen molar-refractivity contribution in [2.75, 3.05) is 5.32 Å². The lowest BCUT2D eigenvalue weighted by Gasteiger charge is -2.14. The molecule has 1 heterocycles. The number of aromatic nitrogens is 1. The number of carbonyl (C=O) groups excluding carboxylic acids is 2. The number of anilines is 1. The molecular weight excluding hydrogens is 350 g/mol. The molecule has 1 aromatic heterocycles. The summed E-state index contributed by atoms with van der Waals surface area (Å²) in [5.41, 5.74) is 4.15. The van der Waals surface area contributed by atoms with Gasteiger partial charge in [-0.25, -0.2) is 4.98 Å². The molecule has 28 heavy (non-hydrogen) atoms. The Bertz CT molecular complexity index is 1000. The van der Waals surface area contributed by atoms with Gasteiger partial charge in [-0.3, -0.25) is 9.59 Å². The topological polar surface area (TPSA) is 71.1 Å². The summed E-state index contributed by atoms with van der Waals surface area (Å²) >= 11 is 0. The van der Waals surface area contributed by atoms with Gasteiger partial charge in [-0.05, 0) is 55.7 Å². The largest absolute Gasteiger partial charge is 0.344 e. The molecule has 2 N–H and O–H groups in total. The molecule has 0 aliphatic carbocycles. The van der Waals surface area contributed by atoms with E-state index in [2.05, 4.69) is 15.6 Å². The Morgan fingerprint density at radius 3 is 2.25 bits per heavy atom. The number of aryl methyl sites for hydroxylation is 2. The molecule has 0 radical (unpaired) electrons. The van der Waals surface area contributed by atoms with Crippen molar-refractivity contribution in [3.63, 3.8) is 0 Å². The van der Waals surface area contributed by atoms with Crippen LogP contribution in [0.15, 0.2) is 66.7 Å². The van der Waals surface area contributed by atoms with Crippen molar-refractivity contribution in [1.82, 2.24) is 10.3 Å². The zero-order valence-corrected chi connectivity index (χ0v) is 16.2. The Labute approximate surface area is 164 Å².